The normalized spacial score (nSPS) is 11.7. The molecule has 128 valence electrons. The van der Waals surface area contributed by atoms with Gasteiger partial charge in [0.15, 0.2) is 0 Å². The van der Waals surface area contributed by atoms with E-state index in [4.69, 9.17) is 16.3 Å². The summed E-state index contributed by atoms with van der Waals surface area (Å²) in [6, 6.07) is 10.0. The molecular weight excluding hydrogens is 348 g/mol. The summed E-state index contributed by atoms with van der Waals surface area (Å²) < 4.78 is 29.8. The minimum absolute atomic E-state index is 0.174. The van der Waals surface area contributed by atoms with Crippen molar-refractivity contribution in [2.75, 3.05) is 6.61 Å². The van der Waals surface area contributed by atoms with Gasteiger partial charge >= 0.3 is 0 Å². The van der Waals surface area contributed by atoms with E-state index >= 15 is 0 Å². The Hall–Kier alpha value is -2.05. The third kappa shape index (κ3) is 4.49. The lowest BCUT2D eigenvalue weighted by molar-refractivity contribution is 0.340. The minimum atomic E-state index is -3.70. The highest BCUT2D eigenvalue weighted by molar-refractivity contribution is 7.89. The van der Waals surface area contributed by atoms with Crippen molar-refractivity contribution >= 4 is 27.8 Å². The second-order valence-corrected chi connectivity index (χ2v) is 7.29. The Morgan fingerprint density at radius 2 is 1.92 bits per heavy atom. The van der Waals surface area contributed by atoms with Crippen LogP contribution in [0.5, 0.6) is 5.75 Å². The van der Waals surface area contributed by atoms with Crippen molar-refractivity contribution in [2.24, 2.45) is 5.10 Å². The van der Waals surface area contributed by atoms with Gasteiger partial charge in [-0.3, -0.25) is 0 Å². The lowest BCUT2D eigenvalue weighted by Gasteiger charge is -2.07. The maximum absolute atomic E-state index is 12.2. The molecule has 0 aliphatic carbocycles. The van der Waals surface area contributed by atoms with E-state index in [0.717, 1.165) is 11.1 Å². The largest absolute Gasteiger partial charge is 0.492 e. The van der Waals surface area contributed by atoms with Gasteiger partial charge in [-0.25, -0.2) is 4.83 Å². The molecule has 2 aromatic carbocycles. The fraction of sp³-hybridized carbons (Fsp3) is 0.235. The van der Waals surface area contributed by atoms with Crippen molar-refractivity contribution in [1.29, 1.82) is 0 Å². The molecule has 0 aromatic heterocycles. The molecule has 0 aliphatic rings. The van der Waals surface area contributed by atoms with Gasteiger partial charge in [-0.2, -0.15) is 13.5 Å². The Bertz CT molecular complexity index is 864. The highest BCUT2D eigenvalue weighted by atomic mass is 35.5. The van der Waals surface area contributed by atoms with Crippen LogP contribution in [0.15, 0.2) is 46.4 Å². The van der Waals surface area contributed by atoms with Gasteiger partial charge in [0.25, 0.3) is 10.0 Å². The molecular formula is C17H19ClN2O3S. The topological polar surface area (TPSA) is 67.8 Å². The van der Waals surface area contributed by atoms with Crippen LogP contribution in [-0.4, -0.2) is 21.2 Å². The number of hydrazone groups is 1. The van der Waals surface area contributed by atoms with Gasteiger partial charge in [0.1, 0.15) is 5.75 Å². The first-order valence-corrected chi connectivity index (χ1v) is 9.24. The second-order valence-electron chi connectivity index (χ2n) is 5.22. The van der Waals surface area contributed by atoms with Crippen LogP contribution < -0.4 is 9.57 Å². The molecule has 0 radical (unpaired) electrons. The molecule has 2 rings (SSSR count). The molecule has 0 fully saturated rings. The Morgan fingerprint density at radius 3 is 2.54 bits per heavy atom. The van der Waals surface area contributed by atoms with Crippen LogP contribution in [0.25, 0.3) is 0 Å². The van der Waals surface area contributed by atoms with Crippen molar-refractivity contribution in [1.82, 2.24) is 4.83 Å². The van der Waals surface area contributed by atoms with E-state index in [-0.39, 0.29) is 4.90 Å². The molecule has 5 nitrogen and oxygen atoms in total. The van der Waals surface area contributed by atoms with Crippen molar-refractivity contribution in [3.63, 3.8) is 0 Å². The van der Waals surface area contributed by atoms with Crippen LogP contribution in [0.4, 0.5) is 0 Å². The molecule has 24 heavy (non-hydrogen) atoms. The highest BCUT2D eigenvalue weighted by Gasteiger charge is 2.13. The van der Waals surface area contributed by atoms with Crippen LogP contribution in [0.3, 0.4) is 0 Å². The van der Waals surface area contributed by atoms with E-state index in [9.17, 15) is 8.42 Å². The molecule has 0 amide bonds. The van der Waals surface area contributed by atoms with Crippen molar-refractivity contribution in [3.05, 3.63) is 58.1 Å². The summed E-state index contributed by atoms with van der Waals surface area (Å²) in [5.74, 6) is 0.576. The zero-order valence-corrected chi connectivity index (χ0v) is 15.3. The number of hydrogen-bond acceptors (Lipinski definition) is 4. The molecule has 0 bridgehead atoms. The van der Waals surface area contributed by atoms with Gasteiger partial charge in [-0.15, -0.1) is 0 Å². The van der Waals surface area contributed by atoms with Gasteiger partial charge < -0.3 is 4.74 Å². The summed E-state index contributed by atoms with van der Waals surface area (Å²) in [5, 5.41) is 4.24. The minimum Gasteiger partial charge on any atom is -0.492 e. The Labute approximate surface area is 147 Å². The van der Waals surface area contributed by atoms with Crippen molar-refractivity contribution in [2.45, 2.75) is 25.7 Å². The van der Waals surface area contributed by atoms with Crippen molar-refractivity contribution in [3.8, 4) is 5.75 Å². The Kier molecular flexibility index (Phi) is 5.85. The molecule has 0 heterocycles. The lowest BCUT2D eigenvalue weighted by Crippen LogP contribution is -2.18. The van der Waals surface area contributed by atoms with E-state index in [1.54, 1.807) is 36.4 Å². The summed E-state index contributed by atoms with van der Waals surface area (Å²) >= 11 is 6.08. The summed E-state index contributed by atoms with van der Waals surface area (Å²) in [5.41, 5.74) is 2.59. The van der Waals surface area contributed by atoms with Gasteiger partial charge in [-0.1, -0.05) is 17.7 Å². The third-order valence-electron chi connectivity index (χ3n) is 3.43. The van der Waals surface area contributed by atoms with Crippen molar-refractivity contribution < 1.29 is 13.2 Å². The fourth-order valence-electron chi connectivity index (χ4n) is 1.97. The Morgan fingerprint density at radius 1 is 1.17 bits per heavy atom. The number of nitrogens with zero attached hydrogens (tertiary/aromatic N) is 1. The average molecular weight is 367 g/mol. The first kappa shape index (κ1) is 18.3. The summed E-state index contributed by atoms with van der Waals surface area (Å²) in [6.07, 6.45) is 1.39. The standard InChI is InChI=1S/C17H19ClN2O3S/c1-4-23-17-8-6-14(10-16(17)18)11-19-20-24(21,22)15-7-5-12(2)13(3)9-15/h5-11,20H,4H2,1-3H3/b19-11+. The second kappa shape index (κ2) is 7.68. The molecule has 0 atom stereocenters. The SMILES string of the molecule is CCOc1ccc(/C=N/NS(=O)(=O)c2ccc(C)c(C)c2)cc1Cl. The number of aryl methyl sites for hydroxylation is 2. The number of sulfonamides is 1. The summed E-state index contributed by atoms with van der Waals surface area (Å²) in [4.78, 5) is 2.37. The Balaban J connectivity index is 2.12. The highest BCUT2D eigenvalue weighted by Crippen LogP contribution is 2.24. The summed E-state index contributed by atoms with van der Waals surface area (Å²) in [7, 11) is -3.70. The summed E-state index contributed by atoms with van der Waals surface area (Å²) in [6.45, 7) is 6.17. The van der Waals surface area contributed by atoms with Gasteiger partial charge in [0.2, 0.25) is 0 Å². The van der Waals surface area contributed by atoms with Gasteiger partial charge in [0, 0.05) is 0 Å². The van der Waals surface area contributed by atoms with E-state index < -0.39 is 10.0 Å². The maximum atomic E-state index is 12.2. The monoisotopic (exact) mass is 366 g/mol. The number of hydrogen-bond donors (Lipinski definition) is 1. The first-order valence-electron chi connectivity index (χ1n) is 7.38. The number of nitrogens with one attached hydrogen (secondary N) is 1. The first-order chi connectivity index (χ1) is 11.3. The molecule has 1 N–H and O–H groups in total. The van der Waals surface area contributed by atoms with Gasteiger partial charge in [-0.05, 0) is 67.8 Å². The zero-order valence-electron chi connectivity index (χ0n) is 13.7. The predicted octanol–water partition coefficient (Wildman–Crippen LogP) is 3.67. The lowest BCUT2D eigenvalue weighted by atomic mass is 10.1. The van der Waals surface area contributed by atoms with Crippen LogP contribution in [0, 0.1) is 13.8 Å². The average Bonchev–Trinajstić information content (AvgIpc) is 2.52. The molecule has 0 aliphatic heterocycles. The van der Waals surface area contributed by atoms with Gasteiger partial charge in [0.05, 0.1) is 22.7 Å². The smallest absolute Gasteiger partial charge is 0.276 e. The molecule has 0 unspecified atom stereocenters. The number of ether oxygens (including phenoxy) is 1. The van der Waals surface area contributed by atoms with Crippen LogP contribution >= 0.6 is 11.6 Å². The molecule has 2 aromatic rings. The number of rotatable bonds is 6. The molecule has 0 saturated heterocycles. The predicted molar refractivity (Wildman–Crippen MR) is 96.5 cm³/mol. The molecule has 0 spiro atoms. The van der Waals surface area contributed by atoms with Crippen LogP contribution in [-0.2, 0) is 10.0 Å². The number of benzene rings is 2. The molecule has 7 heteroatoms. The fourth-order valence-corrected chi connectivity index (χ4v) is 3.09. The molecule has 0 saturated carbocycles. The van der Waals surface area contributed by atoms with Crippen LogP contribution in [0.1, 0.15) is 23.6 Å². The van der Waals surface area contributed by atoms with Crippen LogP contribution in [0.2, 0.25) is 5.02 Å². The maximum Gasteiger partial charge on any atom is 0.276 e. The van der Waals surface area contributed by atoms with E-state index in [2.05, 4.69) is 9.93 Å². The van der Waals surface area contributed by atoms with E-state index in [1.165, 1.54) is 6.21 Å². The third-order valence-corrected chi connectivity index (χ3v) is 4.95. The quantitative estimate of drug-likeness (QED) is 0.626. The van der Waals surface area contributed by atoms with E-state index in [1.807, 2.05) is 20.8 Å². The number of halogens is 1. The van der Waals surface area contributed by atoms with E-state index in [0.29, 0.717) is 22.9 Å². The zero-order chi connectivity index (χ0) is 17.7.